The van der Waals surface area contributed by atoms with Gasteiger partial charge in [-0.3, -0.25) is 0 Å². The first-order valence-electron chi connectivity index (χ1n) is 10.5. The molecule has 1 aromatic carbocycles. The third-order valence-electron chi connectivity index (χ3n) is 4.03. The molecule has 4 N–H and O–H groups in total. The number of hydrogen-bond acceptors (Lipinski definition) is 5. The molecule has 1 aromatic rings. The summed E-state index contributed by atoms with van der Waals surface area (Å²) >= 11 is 0. The van der Waals surface area contributed by atoms with Crippen molar-refractivity contribution in [3.05, 3.63) is 35.9 Å². The fourth-order valence-electron chi connectivity index (χ4n) is 2.56. The molecule has 5 nitrogen and oxygen atoms in total. The zero-order valence-electron chi connectivity index (χ0n) is 18.0. The van der Waals surface area contributed by atoms with Crippen LogP contribution >= 0.6 is 0 Å². The van der Waals surface area contributed by atoms with Crippen molar-refractivity contribution in [2.24, 2.45) is 0 Å². The molecule has 0 aliphatic carbocycles. The van der Waals surface area contributed by atoms with E-state index in [1.165, 1.54) is 5.56 Å². The Balaban J connectivity index is 0. The third-order valence-corrected chi connectivity index (χ3v) is 4.03. The van der Waals surface area contributed by atoms with E-state index < -0.39 is 24.9 Å². The monoisotopic (exact) mass is 385 g/mol. The molecule has 27 heavy (non-hydrogen) atoms. The van der Waals surface area contributed by atoms with Crippen molar-refractivity contribution >= 4 is 0 Å². The highest BCUT2D eigenvalue weighted by atomic mass is 16.4. The summed E-state index contributed by atoms with van der Waals surface area (Å²) < 4.78 is 0. The number of unbranched alkanes of at least 4 members (excludes halogenated alkanes) is 1. The third kappa shape index (κ3) is 13.8. The van der Waals surface area contributed by atoms with Crippen molar-refractivity contribution in [2.45, 2.75) is 78.6 Å². The van der Waals surface area contributed by atoms with Crippen LogP contribution in [-0.2, 0) is 6.42 Å². The van der Waals surface area contributed by atoms with Gasteiger partial charge in [0.2, 0.25) is 0 Å². The van der Waals surface area contributed by atoms with Gasteiger partial charge in [0.15, 0.2) is 0 Å². The zero-order chi connectivity index (χ0) is 21.1. The molecule has 1 unspecified atom stereocenters. The topological polar surface area (TPSA) is 84.2 Å². The number of aliphatic hydroxyl groups is 4. The van der Waals surface area contributed by atoms with E-state index in [4.69, 9.17) is 5.11 Å². The molecule has 0 radical (unpaired) electrons. The fraction of sp³-hybridized carbons (Fsp3) is 0.727. The number of hydrogen-bond donors (Lipinski definition) is 4. The van der Waals surface area contributed by atoms with Crippen LogP contribution in [-0.4, -0.2) is 69.9 Å². The Morgan fingerprint density at radius 1 is 0.852 bits per heavy atom. The zero-order valence-corrected chi connectivity index (χ0v) is 18.0. The van der Waals surface area contributed by atoms with Gasteiger partial charge in [-0.15, -0.1) is 0 Å². The van der Waals surface area contributed by atoms with Crippen molar-refractivity contribution in [3.63, 3.8) is 0 Å². The van der Waals surface area contributed by atoms with Gasteiger partial charge in [0.05, 0.1) is 12.7 Å². The predicted molar refractivity (Wildman–Crippen MR) is 114 cm³/mol. The first-order chi connectivity index (χ1) is 13.1. The molecule has 0 amide bonds. The minimum atomic E-state index is -1.32. The van der Waals surface area contributed by atoms with E-state index in [1.807, 2.05) is 45.9 Å². The molecule has 0 aliphatic heterocycles. The van der Waals surface area contributed by atoms with Crippen LogP contribution in [0, 0.1) is 0 Å². The maximum Gasteiger partial charge on any atom is 0.109 e. The summed E-state index contributed by atoms with van der Waals surface area (Å²) in [6.45, 7) is 11.5. The minimum Gasteiger partial charge on any atom is -0.394 e. The van der Waals surface area contributed by atoms with Crippen molar-refractivity contribution in [2.75, 3.05) is 26.2 Å². The molecule has 0 fully saturated rings. The summed E-state index contributed by atoms with van der Waals surface area (Å²) in [6, 6.07) is 10.3. The molecule has 160 valence electrons. The predicted octanol–water partition coefficient (Wildman–Crippen LogP) is 2.85. The first kappa shape index (κ1) is 28.2. The molecule has 0 saturated heterocycles. The lowest BCUT2D eigenvalue weighted by Gasteiger charge is -2.28. The molecule has 0 aromatic heterocycles. The lowest BCUT2D eigenvalue weighted by atomic mass is 10.1. The lowest BCUT2D eigenvalue weighted by molar-refractivity contribution is -0.0841. The van der Waals surface area contributed by atoms with E-state index in [-0.39, 0.29) is 0 Å². The number of nitrogens with zero attached hydrogens (tertiary/aromatic N) is 1. The summed E-state index contributed by atoms with van der Waals surface area (Å²) in [7, 11) is 0. The molecule has 0 heterocycles. The maximum absolute atomic E-state index is 10.0. The van der Waals surface area contributed by atoms with Gasteiger partial charge < -0.3 is 25.3 Å². The summed E-state index contributed by atoms with van der Waals surface area (Å²) in [5.74, 6) is 0. The highest BCUT2D eigenvalue weighted by Crippen LogP contribution is 2.08. The standard InChI is InChI=1S/C18H31NO4.2C2H6/c1-2-3-11-19(13-16(21)18(23)17(22)14-20)12-7-10-15-8-5-4-6-9-15;2*1-2/h4-6,8-9,16-18,20-23H,2-3,7,10-14H2,1H3;2*1-2H3/t16-,17?,18+;;/m0../s1. The Morgan fingerprint density at radius 2 is 1.41 bits per heavy atom. The van der Waals surface area contributed by atoms with Gasteiger partial charge in [0, 0.05) is 6.54 Å². The van der Waals surface area contributed by atoms with Gasteiger partial charge in [-0.05, 0) is 37.9 Å². The van der Waals surface area contributed by atoms with E-state index in [1.54, 1.807) is 0 Å². The van der Waals surface area contributed by atoms with E-state index in [0.29, 0.717) is 6.54 Å². The van der Waals surface area contributed by atoms with Gasteiger partial charge >= 0.3 is 0 Å². The second-order valence-corrected chi connectivity index (χ2v) is 6.05. The Bertz CT molecular complexity index is 403. The normalized spacial score (nSPS) is 13.7. The van der Waals surface area contributed by atoms with Crippen LogP contribution in [0.15, 0.2) is 30.3 Å². The quantitative estimate of drug-likeness (QED) is 0.445. The molecule has 0 aliphatic rings. The molecule has 5 heteroatoms. The highest BCUT2D eigenvalue weighted by molar-refractivity contribution is 5.14. The SMILES string of the molecule is CC.CC.CCCCN(CCCc1ccccc1)C[C@H](O)[C@@H](O)C(O)CO. The van der Waals surface area contributed by atoms with Gasteiger partial charge in [-0.25, -0.2) is 0 Å². The average Bonchev–Trinajstić information content (AvgIpc) is 2.74. The van der Waals surface area contributed by atoms with Crippen LogP contribution in [0.3, 0.4) is 0 Å². The van der Waals surface area contributed by atoms with Gasteiger partial charge in [0.25, 0.3) is 0 Å². The average molecular weight is 386 g/mol. The Morgan fingerprint density at radius 3 is 1.93 bits per heavy atom. The maximum atomic E-state index is 10.0. The minimum absolute atomic E-state index is 0.299. The lowest BCUT2D eigenvalue weighted by Crippen LogP contribution is -2.46. The second kappa shape index (κ2) is 19.8. The molecular weight excluding hydrogens is 342 g/mol. The summed E-state index contributed by atoms with van der Waals surface area (Å²) in [6.07, 6.45) is 0.343. The number of aliphatic hydroxyl groups excluding tert-OH is 4. The van der Waals surface area contributed by atoms with E-state index in [0.717, 1.165) is 38.8 Å². The van der Waals surface area contributed by atoms with Crippen molar-refractivity contribution in [3.8, 4) is 0 Å². The van der Waals surface area contributed by atoms with Crippen molar-refractivity contribution < 1.29 is 20.4 Å². The van der Waals surface area contributed by atoms with Crippen LogP contribution in [0.2, 0.25) is 0 Å². The van der Waals surface area contributed by atoms with Crippen LogP contribution in [0.5, 0.6) is 0 Å². The van der Waals surface area contributed by atoms with Gasteiger partial charge in [-0.2, -0.15) is 0 Å². The molecular formula is C22H43NO4. The number of aryl methyl sites for hydroxylation is 1. The van der Waals surface area contributed by atoms with Gasteiger partial charge in [0.1, 0.15) is 12.2 Å². The van der Waals surface area contributed by atoms with E-state index in [9.17, 15) is 15.3 Å². The first-order valence-corrected chi connectivity index (χ1v) is 10.5. The Labute approximate surface area is 166 Å². The Kier molecular flexibility index (Phi) is 20.7. The van der Waals surface area contributed by atoms with Crippen LogP contribution in [0.4, 0.5) is 0 Å². The Hall–Kier alpha value is -0.980. The summed E-state index contributed by atoms with van der Waals surface area (Å²) in [5, 5.41) is 38.1. The van der Waals surface area contributed by atoms with Crippen LogP contribution in [0.1, 0.15) is 59.4 Å². The van der Waals surface area contributed by atoms with E-state index in [2.05, 4.69) is 24.0 Å². The van der Waals surface area contributed by atoms with Crippen molar-refractivity contribution in [1.29, 1.82) is 0 Å². The molecule has 1 rings (SSSR count). The molecule has 0 spiro atoms. The van der Waals surface area contributed by atoms with Gasteiger partial charge in [-0.1, -0.05) is 71.4 Å². The van der Waals surface area contributed by atoms with Crippen LogP contribution in [0.25, 0.3) is 0 Å². The summed E-state index contributed by atoms with van der Waals surface area (Å²) in [4.78, 5) is 2.12. The molecule has 0 bridgehead atoms. The van der Waals surface area contributed by atoms with Crippen LogP contribution < -0.4 is 0 Å². The largest absolute Gasteiger partial charge is 0.394 e. The number of rotatable bonds is 12. The summed E-state index contributed by atoms with van der Waals surface area (Å²) in [5.41, 5.74) is 1.29. The van der Waals surface area contributed by atoms with Crippen molar-refractivity contribution in [1.82, 2.24) is 4.90 Å². The second-order valence-electron chi connectivity index (χ2n) is 6.05. The highest BCUT2D eigenvalue weighted by Gasteiger charge is 2.25. The number of benzene rings is 1. The molecule has 0 saturated carbocycles. The van der Waals surface area contributed by atoms with E-state index >= 15 is 0 Å². The smallest absolute Gasteiger partial charge is 0.109 e. The fourth-order valence-corrected chi connectivity index (χ4v) is 2.56. The molecule has 3 atom stereocenters.